The summed E-state index contributed by atoms with van der Waals surface area (Å²) < 4.78 is 26.1. The third kappa shape index (κ3) is 5.07. The Morgan fingerprint density at radius 3 is 2.94 bits per heavy atom. The molecule has 0 radical (unpaired) electrons. The first-order valence-electron chi connectivity index (χ1n) is 11.5. The highest BCUT2D eigenvalue weighted by atomic mass is 32.1. The molecule has 1 aromatic carbocycles. The van der Waals surface area contributed by atoms with Crippen LogP contribution in [0.3, 0.4) is 0 Å². The predicted molar refractivity (Wildman–Crippen MR) is 132 cm³/mol. The molecule has 2 saturated heterocycles. The number of ether oxygens (including phenoxy) is 1. The standard InChI is InChI=1S/C25H25FN4O4S/c1-16(31)27-14-20-15-30(25(32)33-20)18-7-8-23(21(26)12-18)29-9-3-2-5-17(29)11-19-13-22(28-34-19)24-6-4-10-35-24/h4,6-8,10-13,20H,2-3,5,9,14-15H2,1H3,(H,27,31)/t20-/m0/s1. The molecule has 1 atom stereocenters. The lowest BCUT2D eigenvalue weighted by Gasteiger charge is -2.32. The average Bonchev–Trinajstić information content (AvgIpc) is 3.59. The van der Waals surface area contributed by atoms with Crippen molar-refractivity contribution in [2.45, 2.75) is 32.3 Å². The number of nitrogens with one attached hydrogen (secondary N) is 1. The van der Waals surface area contributed by atoms with Crippen LogP contribution in [-0.4, -0.2) is 42.9 Å². The van der Waals surface area contributed by atoms with Gasteiger partial charge < -0.3 is 19.5 Å². The van der Waals surface area contributed by atoms with Gasteiger partial charge in [0.2, 0.25) is 5.91 Å². The zero-order valence-electron chi connectivity index (χ0n) is 19.2. The lowest BCUT2D eigenvalue weighted by molar-refractivity contribution is -0.119. The number of hydrogen-bond donors (Lipinski definition) is 1. The van der Waals surface area contributed by atoms with Crippen LogP contribution in [0.25, 0.3) is 16.6 Å². The minimum Gasteiger partial charge on any atom is -0.442 e. The second-order valence-corrected chi connectivity index (χ2v) is 9.47. The van der Waals surface area contributed by atoms with Crippen molar-refractivity contribution in [3.8, 4) is 10.6 Å². The zero-order valence-corrected chi connectivity index (χ0v) is 20.0. The summed E-state index contributed by atoms with van der Waals surface area (Å²) in [6.45, 7) is 2.54. The highest BCUT2D eigenvalue weighted by molar-refractivity contribution is 7.13. The Bertz CT molecular complexity index is 1260. The second kappa shape index (κ2) is 9.91. The van der Waals surface area contributed by atoms with Crippen molar-refractivity contribution in [2.24, 2.45) is 0 Å². The number of halogens is 1. The molecular formula is C25H25FN4O4S. The van der Waals surface area contributed by atoms with Gasteiger partial charge in [-0.3, -0.25) is 9.69 Å². The molecule has 2 aromatic heterocycles. The Labute approximate surface area is 206 Å². The smallest absolute Gasteiger partial charge is 0.414 e. The van der Waals surface area contributed by atoms with Crippen LogP contribution in [0.2, 0.25) is 0 Å². The topological polar surface area (TPSA) is 87.9 Å². The zero-order chi connectivity index (χ0) is 24.4. The van der Waals surface area contributed by atoms with Crippen LogP contribution in [-0.2, 0) is 9.53 Å². The van der Waals surface area contributed by atoms with Crippen molar-refractivity contribution >= 4 is 40.8 Å². The van der Waals surface area contributed by atoms with E-state index in [4.69, 9.17) is 9.26 Å². The lowest BCUT2D eigenvalue weighted by atomic mass is 10.0. The van der Waals surface area contributed by atoms with Crippen LogP contribution in [0, 0.1) is 5.82 Å². The van der Waals surface area contributed by atoms with E-state index in [-0.39, 0.29) is 19.0 Å². The van der Waals surface area contributed by atoms with E-state index in [1.54, 1.807) is 23.5 Å². The van der Waals surface area contributed by atoms with Crippen molar-refractivity contribution in [1.82, 2.24) is 10.5 Å². The number of benzene rings is 1. The summed E-state index contributed by atoms with van der Waals surface area (Å²) in [4.78, 5) is 27.8. The van der Waals surface area contributed by atoms with E-state index >= 15 is 4.39 Å². The fraction of sp³-hybridized carbons (Fsp3) is 0.320. The van der Waals surface area contributed by atoms with Crippen LogP contribution >= 0.6 is 11.3 Å². The van der Waals surface area contributed by atoms with Gasteiger partial charge in [0, 0.05) is 31.3 Å². The minimum absolute atomic E-state index is 0.201. The number of cyclic esters (lactones) is 1. The molecule has 5 rings (SSSR count). The number of allylic oxidation sites excluding steroid dienone is 1. The molecule has 0 unspecified atom stereocenters. The van der Waals surface area contributed by atoms with Crippen LogP contribution in [0.15, 0.2) is 52.0 Å². The molecule has 10 heteroatoms. The SMILES string of the molecule is CC(=O)NC[C@H]1CN(c2ccc(N3CCCCC3=Cc3cc(-c4cccs4)no3)c(F)c2)C(=O)O1. The molecule has 2 fully saturated rings. The minimum atomic E-state index is -0.557. The first-order chi connectivity index (χ1) is 17.0. The molecule has 2 amide bonds. The number of amides is 2. The van der Waals surface area contributed by atoms with E-state index in [0.29, 0.717) is 23.7 Å². The molecule has 2 aliphatic heterocycles. The van der Waals surface area contributed by atoms with Gasteiger partial charge in [-0.05, 0) is 48.9 Å². The van der Waals surface area contributed by atoms with Gasteiger partial charge in [0.25, 0.3) is 0 Å². The maximum Gasteiger partial charge on any atom is 0.414 e. The van der Waals surface area contributed by atoms with Crippen LogP contribution in [0.4, 0.5) is 20.6 Å². The normalized spacial score (nSPS) is 19.3. The van der Waals surface area contributed by atoms with Gasteiger partial charge in [0.15, 0.2) is 5.76 Å². The van der Waals surface area contributed by atoms with Gasteiger partial charge in [-0.1, -0.05) is 11.2 Å². The maximum absolute atomic E-state index is 15.3. The van der Waals surface area contributed by atoms with Crippen molar-refractivity contribution < 1.29 is 23.2 Å². The molecule has 1 N–H and O–H groups in total. The first kappa shape index (κ1) is 23.1. The molecule has 0 aliphatic carbocycles. The van der Waals surface area contributed by atoms with Gasteiger partial charge in [-0.15, -0.1) is 11.3 Å². The number of piperidine rings is 1. The highest BCUT2D eigenvalue weighted by Gasteiger charge is 2.33. The van der Waals surface area contributed by atoms with Crippen molar-refractivity contribution in [3.05, 3.63) is 59.1 Å². The molecule has 35 heavy (non-hydrogen) atoms. The summed E-state index contributed by atoms with van der Waals surface area (Å²) >= 11 is 1.59. The first-order valence-corrected chi connectivity index (χ1v) is 12.4. The van der Waals surface area contributed by atoms with Crippen LogP contribution < -0.4 is 15.1 Å². The van der Waals surface area contributed by atoms with E-state index in [1.807, 2.05) is 34.6 Å². The number of nitrogens with zero attached hydrogens (tertiary/aromatic N) is 3. The summed E-state index contributed by atoms with van der Waals surface area (Å²) in [6, 6.07) is 10.6. The predicted octanol–water partition coefficient (Wildman–Crippen LogP) is 5.03. The van der Waals surface area contributed by atoms with Gasteiger partial charge in [0.1, 0.15) is 17.6 Å². The maximum atomic E-state index is 15.3. The van der Waals surface area contributed by atoms with E-state index in [1.165, 1.54) is 17.9 Å². The number of thiophene rings is 1. The second-order valence-electron chi connectivity index (χ2n) is 8.53. The van der Waals surface area contributed by atoms with Crippen molar-refractivity contribution in [3.63, 3.8) is 0 Å². The van der Waals surface area contributed by atoms with E-state index < -0.39 is 18.0 Å². The Balaban J connectivity index is 1.34. The number of anilines is 2. The molecule has 0 bridgehead atoms. The van der Waals surface area contributed by atoms with E-state index in [0.717, 1.165) is 35.5 Å². The molecular weight excluding hydrogens is 471 g/mol. The molecule has 3 aromatic rings. The third-order valence-electron chi connectivity index (χ3n) is 6.01. The van der Waals surface area contributed by atoms with Gasteiger partial charge in [-0.2, -0.15) is 0 Å². The number of hydrogen-bond acceptors (Lipinski definition) is 7. The summed E-state index contributed by atoms with van der Waals surface area (Å²) in [7, 11) is 0. The molecule has 182 valence electrons. The Hall–Kier alpha value is -3.66. The monoisotopic (exact) mass is 496 g/mol. The molecule has 0 saturated carbocycles. The average molecular weight is 497 g/mol. The van der Waals surface area contributed by atoms with Gasteiger partial charge in [0.05, 0.1) is 29.3 Å². The van der Waals surface area contributed by atoms with Gasteiger partial charge >= 0.3 is 6.09 Å². The Kier molecular flexibility index (Phi) is 6.54. The number of aromatic nitrogens is 1. The summed E-state index contributed by atoms with van der Waals surface area (Å²) in [5, 5.41) is 8.78. The molecule has 0 spiro atoms. The largest absolute Gasteiger partial charge is 0.442 e. The molecule has 4 heterocycles. The summed E-state index contributed by atoms with van der Waals surface area (Å²) in [5.41, 5.74) is 2.59. The quantitative estimate of drug-likeness (QED) is 0.515. The summed E-state index contributed by atoms with van der Waals surface area (Å²) in [5.74, 6) is -0.00373. The summed E-state index contributed by atoms with van der Waals surface area (Å²) in [6.07, 6.45) is 3.62. The van der Waals surface area contributed by atoms with E-state index in [2.05, 4.69) is 10.5 Å². The lowest BCUT2D eigenvalue weighted by Crippen LogP contribution is -2.33. The van der Waals surface area contributed by atoms with Crippen LogP contribution in [0.5, 0.6) is 0 Å². The molecule has 8 nitrogen and oxygen atoms in total. The molecule has 2 aliphatic rings. The third-order valence-corrected chi connectivity index (χ3v) is 6.90. The van der Waals surface area contributed by atoms with Gasteiger partial charge in [-0.25, -0.2) is 9.18 Å². The highest BCUT2D eigenvalue weighted by Crippen LogP contribution is 2.34. The fourth-order valence-corrected chi connectivity index (χ4v) is 5.00. The number of rotatable bonds is 6. The van der Waals surface area contributed by atoms with Crippen molar-refractivity contribution in [2.75, 3.05) is 29.4 Å². The van der Waals surface area contributed by atoms with Crippen molar-refractivity contribution in [1.29, 1.82) is 0 Å². The van der Waals surface area contributed by atoms with Crippen LogP contribution in [0.1, 0.15) is 31.9 Å². The van der Waals surface area contributed by atoms with E-state index in [9.17, 15) is 9.59 Å². The Morgan fingerprint density at radius 2 is 2.17 bits per heavy atom. The Morgan fingerprint density at radius 1 is 1.29 bits per heavy atom. The number of carbonyl (C=O) groups excluding carboxylic acids is 2. The fourth-order valence-electron chi connectivity index (χ4n) is 4.32. The number of carbonyl (C=O) groups is 2.